The third-order valence-electron chi connectivity index (χ3n) is 5.08. The van der Waals surface area contributed by atoms with E-state index in [-0.39, 0.29) is 17.8 Å². The number of halogens is 5. The number of para-hydroxylation sites is 1. The predicted molar refractivity (Wildman–Crippen MR) is 123 cm³/mol. The number of carbonyl (C=O) groups is 1. The fraction of sp³-hybridized carbons (Fsp3) is 0.167. The van der Waals surface area contributed by atoms with Gasteiger partial charge in [0, 0.05) is 12.1 Å². The van der Waals surface area contributed by atoms with Crippen LogP contribution in [0, 0.1) is 29.1 Å². The summed E-state index contributed by atoms with van der Waals surface area (Å²) in [5.41, 5.74) is -1.65. The Hall–Kier alpha value is -3.53. The molecule has 0 bridgehead atoms. The number of anilines is 2. The van der Waals surface area contributed by atoms with Crippen molar-refractivity contribution >= 4 is 38.8 Å². The molecule has 0 saturated carbocycles. The molecule has 4 nitrogen and oxygen atoms in total. The highest BCUT2D eigenvalue weighted by Crippen LogP contribution is 2.36. The highest BCUT2D eigenvalue weighted by Gasteiger charge is 2.30. The van der Waals surface area contributed by atoms with Crippen molar-refractivity contribution in [3.63, 3.8) is 0 Å². The zero-order valence-electron chi connectivity index (χ0n) is 17.8. The average Bonchev–Trinajstić information content (AvgIpc) is 3.25. The fourth-order valence-corrected chi connectivity index (χ4v) is 4.35. The van der Waals surface area contributed by atoms with Gasteiger partial charge in [-0.3, -0.25) is 4.79 Å². The average molecular weight is 491 g/mol. The smallest absolute Gasteiger partial charge is 0.261 e. The molecule has 4 rings (SSSR count). The van der Waals surface area contributed by atoms with E-state index in [2.05, 4.69) is 15.6 Å². The Kier molecular flexibility index (Phi) is 6.78. The van der Waals surface area contributed by atoms with Crippen LogP contribution in [-0.2, 0) is 0 Å². The van der Waals surface area contributed by atoms with Gasteiger partial charge in [0.15, 0.2) is 23.3 Å². The van der Waals surface area contributed by atoms with Crippen molar-refractivity contribution in [1.82, 2.24) is 4.98 Å². The molecule has 4 aromatic rings. The molecule has 1 amide bonds. The number of hydrogen-bond acceptors (Lipinski definition) is 4. The lowest BCUT2D eigenvalue weighted by molar-refractivity contribution is 0.101. The number of rotatable bonds is 7. The lowest BCUT2D eigenvalue weighted by Gasteiger charge is -2.14. The molecule has 0 atom stereocenters. The first kappa shape index (κ1) is 23.6. The minimum atomic E-state index is -1.83. The number of nitrogens with zero attached hydrogens (tertiary/aromatic N) is 1. The van der Waals surface area contributed by atoms with Crippen molar-refractivity contribution in [2.75, 3.05) is 17.2 Å². The molecule has 176 valence electrons. The molecule has 1 aromatic heterocycles. The lowest BCUT2D eigenvalue weighted by atomic mass is 10.1. The van der Waals surface area contributed by atoms with Gasteiger partial charge in [0.1, 0.15) is 22.1 Å². The number of fused-ring (bicyclic) bond motifs is 1. The molecule has 0 unspecified atom stereocenters. The van der Waals surface area contributed by atoms with E-state index in [0.29, 0.717) is 23.4 Å². The quantitative estimate of drug-likeness (QED) is 0.164. The Morgan fingerprint density at radius 2 is 1.68 bits per heavy atom. The van der Waals surface area contributed by atoms with Crippen LogP contribution in [0.2, 0.25) is 0 Å². The van der Waals surface area contributed by atoms with Gasteiger partial charge in [-0.2, -0.15) is 0 Å². The first-order chi connectivity index (χ1) is 16.3. The summed E-state index contributed by atoms with van der Waals surface area (Å²) in [6, 6.07) is 10.4. The number of benzene rings is 3. The third-order valence-corrected chi connectivity index (χ3v) is 6.15. The Labute approximate surface area is 195 Å². The van der Waals surface area contributed by atoms with E-state index >= 15 is 0 Å². The maximum Gasteiger partial charge on any atom is 0.261 e. The number of nitrogens with one attached hydrogen (secondary N) is 2. The SMILES string of the molecule is CCCCNc1c(F)c(F)c(C(=O)Nc2ccc(F)cc2-c2nc3ccccc3s2)c(F)c1F. The molecule has 0 spiro atoms. The summed E-state index contributed by atoms with van der Waals surface area (Å²) in [5.74, 6) is -9.14. The van der Waals surface area contributed by atoms with Crippen molar-refractivity contribution in [1.29, 1.82) is 0 Å². The van der Waals surface area contributed by atoms with E-state index in [9.17, 15) is 26.7 Å². The van der Waals surface area contributed by atoms with Crippen LogP contribution < -0.4 is 10.6 Å². The monoisotopic (exact) mass is 491 g/mol. The molecule has 0 radical (unpaired) electrons. The molecule has 0 aliphatic rings. The standard InChI is InChI=1S/C24H18F5N3OS/c1-2-3-10-30-22-20(28)18(26)17(19(27)21(22)29)23(33)31-14-9-8-12(25)11-13(14)24-32-15-6-4-5-7-16(15)34-24/h4-9,11,30H,2-3,10H2,1H3,(H,31,33). The van der Waals surface area contributed by atoms with E-state index in [0.717, 1.165) is 16.8 Å². The number of unbranched alkanes of at least 4 members (excludes halogenated alkanes) is 1. The second kappa shape index (κ2) is 9.76. The van der Waals surface area contributed by atoms with E-state index in [4.69, 9.17) is 0 Å². The highest BCUT2D eigenvalue weighted by molar-refractivity contribution is 7.21. The number of aromatic nitrogens is 1. The molecule has 0 aliphatic carbocycles. The number of hydrogen-bond donors (Lipinski definition) is 2. The molecule has 1 heterocycles. The molecular weight excluding hydrogens is 473 g/mol. The van der Waals surface area contributed by atoms with Gasteiger partial charge in [-0.15, -0.1) is 11.3 Å². The molecule has 2 N–H and O–H groups in total. The van der Waals surface area contributed by atoms with Gasteiger partial charge in [-0.25, -0.2) is 26.9 Å². The number of carbonyl (C=O) groups excluding carboxylic acids is 1. The topological polar surface area (TPSA) is 54.0 Å². The van der Waals surface area contributed by atoms with Crippen LogP contribution in [-0.4, -0.2) is 17.4 Å². The lowest BCUT2D eigenvalue weighted by Crippen LogP contribution is -2.20. The molecule has 0 aliphatic heterocycles. The van der Waals surface area contributed by atoms with Gasteiger partial charge in [-0.05, 0) is 36.8 Å². The summed E-state index contributed by atoms with van der Waals surface area (Å²) in [4.78, 5) is 17.1. The molecule has 0 fully saturated rings. The van der Waals surface area contributed by atoms with E-state index in [1.807, 2.05) is 6.92 Å². The summed E-state index contributed by atoms with van der Waals surface area (Å²) in [5, 5.41) is 4.89. The van der Waals surface area contributed by atoms with Crippen LogP contribution in [0.4, 0.5) is 33.3 Å². The summed E-state index contributed by atoms with van der Waals surface area (Å²) >= 11 is 1.21. The zero-order chi connectivity index (χ0) is 24.4. The minimum Gasteiger partial charge on any atom is -0.380 e. The Morgan fingerprint density at radius 3 is 2.35 bits per heavy atom. The van der Waals surface area contributed by atoms with E-state index in [1.165, 1.54) is 17.4 Å². The van der Waals surface area contributed by atoms with Crippen molar-refractivity contribution < 1.29 is 26.7 Å². The van der Waals surface area contributed by atoms with Crippen LogP contribution in [0.15, 0.2) is 42.5 Å². The van der Waals surface area contributed by atoms with Crippen LogP contribution in [0.5, 0.6) is 0 Å². The minimum absolute atomic E-state index is 0.0322. The Morgan fingerprint density at radius 1 is 0.971 bits per heavy atom. The van der Waals surface area contributed by atoms with Crippen LogP contribution in [0.25, 0.3) is 20.8 Å². The van der Waals surface area contributed by atoms with Gasteiger partial charge in [0.05, 0.1) is 15.9 Å². The zero-order valence-corrected chi connectivity index (χ0v) is 18.6. The van der Waals surface area contributed by atoms with Crippen molar-refractivity contribution in [3.8, 4) is 10.6 Å². The van der Waals surface area contributed by atoms with Gasteiger partial charge < -0.3 is 10.6 Å². The second-order valence-electron chi connectivity index (χ2n) is 7.42. The number of amides is 1. The fourth-order valence-electron chi connectivity index (χ4n) is 3.35. The maximum absolute atomic E-state index is 14.6. The normalized spacial score (nSPS) is 11.1. The predicted octanol–water partition coefficient (Wildman–Crippen LogP) is 7.12. The first-order valence-electron chi connectivity index (χ1n) is 10.4. The van der Waals surface area contributed by atoms with Crippen LogP contribution >= 0.6 is 11.3 Å². The number of thiazole rings is 1. The third kappa shape index (κ3) is 4.45. The Bertz CT molecular complexity index is 1330. The highest BCUT2D eigenvalue weighted by atomic mass is 32.1. The summed E-state index contributed by atoms with van der Waals surface area (Å²) in [7, 11) is 0. The van der Waals surface area contributed by atoms with Gasteiger partial charge in [-0.1, -0.05) is 25.5 Å². The Balaban J connectivity index is 1.71. The molecule has 3 aromatic carbocycles. The molecule has 34 heavy (non-hydrogen) atoms. The molecule has 0 saturated heterocycles. The largest absolute Gasteiger partial charge is 0.380 e. The van der Waals surface area contributed by atoms with Crippen LogP contribution in [0.1, 0.15) is 30.1 Å². The summed E-state index contributed by atoms with van der Waals surface area (Å²) in [6.07, 6.45) is 1.21. The molecular formula is C24H18F5N3OS. The van der Waals surface area contributed by atoms with Crippen molar-refractivity contribution in [2.45, 2.75) is 19.8 Å². The van der Waals surface area contributed by atoms with Crippen molar-refractivity contribution in [3.05, 3.63) is 77.1 Å². The van der Waals surface area contributed by atoms with E-state index in [1.54, 1.807) is 24.3 Å². The van der Waals surface area contributed by atoms with E-state index < -0.39 is 46.2 Å². The van der Waals surface area contributed by atoms with Gasteiger partial charge >= 0.3 is 0 Å². The first-order valence-corrected chi connectivity index (χ1v) is 11.2. The van der Waals surface area contributed by atoms with Gasteiger partial charge in [0.25, 0.3) is 5.91 Å². The van der Waals surface area contributed by atoms with Gasteiger partial charge in [0.2, 0.25) is 0 Å². The van der Waals surface area contributed by atoms with Crippen LogP contribution in [0.3, 0.4) is 0 Å². The van der Waals surface area contributed by atoms with Crippen molar-refractivity contribution in [2.24, 2.45) is 0 Å². The second-order valence-corrected chi connectivity index (χ2v) is 8.45. The maximum atomic E-state index is 14.6. The summed E-state index contributed by atoms with van der Waals surface area (Å²) < 4.78 is 73.0. The molecule has 10 heteroatoms. The summed E-state index contributed by atoms with van der Waals surface area (Å²) in [6.45, 7) is 1.93.